The monoisotopic (exact) mass is 400 g/mol. The first-order chi connectivity index (χ1) is 13.5. The Bertz CT molecular complexity index is 1100. The number of rotatable bonds is 3. The molecular formula is C20H22F2N6O. The summed E-state index contributed by atoms with van der Waals surface area (Å²) in [5.41, 5.74) is 1.26. The lowest BCUT2D eigenvalue weighted by Gasteiger charge is -2.22. The van der Waals surface area contributed by atoms with Crippen LogP contribution in [0.5, 0.6) is 0 Å². The van der Waals surface area contributed by atoms with Gasteiger partial charge >= 0.3 is 0 Å². The molecule has 0 bridgehead atoms. The third kappa shape index (κ3) is 3.56. The highest BCUT2D eigenvalue weighted by molar-refractivity contribution is 5.99. The molecule has 4 heterocycles. The zero-order valence-electron chi connectivity index (χ0n) is 16.8. The lowest BCUT2D eigenvalue weighted by Crippen LogP contribution is -2.27. The zero-order valence-corrected chi connectivity index (χ0v) is 16.8. The molecule has 29 heavy (non-hydrogen) atoms. The number of hydrogen-bond acceptors (Lipinski definition) is 6. The summed E-state index contributed by atoms with van der Waals surface area (Å²) in [6.07, 6.45) is 1.35. The number of anilines is 1. The van der Waals surface area contributed by atoms with Crippen LogP contribution in [0.4, 0.5) is 14.6 Å². The molecule has 4 rings (SSSR count). The Morgan fingerprint density at radius 3 is 2.62 bits per heavy atom. The van der Waals surface area contributed by atoms with Crippen LogP contribution < -0.4 is 4.90 Å². The number of fused-ring (bicyclic) bond motifs is 1. The number of aromatic amines is 1. The highest BCUT2D eigenvalue weighted by Gasteiger charge is 2.40. The van der Waals surface area contributed by atoms with Gasteiger partial charge in [0.2, 0.25) is 0 Å². The standard InChI is InChI=1S/C20H22F2N6O/c1-11(29)12-6-5-8-23-13(12)15-24-14-16(25-15)26-18(19(2,3)4)27-17(14)28-9-7-20(21,22)10-28/h5-6,8H,7,9-10H2,1-4H3,(H,24,25,26,27). The smallest absolute Gasteiger partial charge is 0.266 e. The lowest BCUT2D eigenvalue weighted by molar-refractivity contribution is 0.0257. The number of halogens is 2. The highest BCUT2D eigenvalue weighted by atomic mass is 19.3. The van der Waals surface area contributed by atoms with Gasteiger partial charge in [0.1, 0.15) is 17.0 Å². The van der Waals surface area contributed by atoms with Crippen molar-refractivity contribution in [3.8, 4) is 11.5 Å². The van der Waals surface area contributed by atoms with Gasteiger partial charge in [-0.2, -0.15) is 0 Å². The number of nitrogens with zero attached hydrogens (tertiary/aromatic N) is 5. The molecule has 0 radical (unpaired) electrons. The van der Waals surface area contributed by atoms with Crippen molar-refractivity contribution in [2.24, 2.45) is 0 Å². The van der Waals surface area contributed by atoms with Crippen molar-refractivity contribution >= 4 is 22.8 Å². The van der Waals surface area contributed by atoms with E-state index in [1.165, 1.54) is 6.92 Å². The summed E-state index contributed by atoms with van der Waals surface area (Å²) in [4.78, 5) is 34.7. The van der Waals surface area contributed by atoms with Gasteiger partial charge in [-0.1, -0.05) is 20.8 Å². The molecule has 0 saturated carbocycles. The first-order valence-corrected chi connectivity index (χ1v) is 9.42. The summed E-state index contributed by atoms with van der Waals surface area (Å²) in [5, 5.41) is 0. The van der Waals surface area contributed by atoms with Gasteiger partial charge in [-0.3, -0.25) is 9.78 Å². The zero-order chi connectivity index (χ0) is 21.0. The van der Waals surface area contributed by atoms with Crippen LogP contribution in [-0.2, 0) is 5.41 Å². The van der Waals surface area contributed by atoms with Crippen molar-refractivity contribution in [2.75, 3.05) is 18.0 Å². The van der Waals surface area contributed by atoms with E-state index in [-0.39, 0.29) is 24.2 Å². The van der Waals surface area contributed by atoms with Crippen LogP contribution in [0.3, 0.4) is 0 Å². The highest BCUT2D eigenvalue weighted by Crippen LogP contribution is 2.35. The Morgan fingerprint density at radius 1 is 1.24 bits per heavy atom. The summed E-state index contributed by atoms with van der Waals surface area (Å²) < 4.78 is 27.7. The van der Waals surface area contributed by atoms with E-state index in [9.17, 15) is 13.6 Å². The molecule has 0 aliphatic carbocycles. The van der Waals surface area contributed by atoms with E-state index in [1.54, 1.807) is 23.2 Å². The summed E-state index contributed by atoms with van der Waals surface area (Å²) in [7, 11) is 0. The van der Waals surface area contributed by atoms with Crippen LogP contribution in [0.25, 0.3) is 22.7 Å². The molecule has 0 atom stereocenters. The van der Waals surface area contributed by atoms with Gasteiger partial charge in [0.15, 0.2) is 23.1 Å². The Morgan fingerprint density at radius 2 is 2.00 bits per heavy atom. The normalized spacial score (nSPS) is 16.6. The minimum absolute atomic E-state index is 0.144. The van der Waals surface area contributed by atoms with E-state index in [0.29, 0.717) is 39.9 Å². The maximum Gasteiger partial charge on any atom is 0.266 e. The van der Waals surface area contributed by atoms with E-state index in [1.807, 2.05) is 20.8 Å². The van der Waals surface area contributed by atoms with Crippen LogP contribution in [-0.4, -0.2) is 49.7 Å². The lowest BCUT2D eigenvalue weighted by atomic mass is 9.96. The molecule has 3 aromatic rings. The fraction of sp³-hybridized carbons (Fsp3) is 0.450. The van der Waals surface area contributed by atoms with Gasteiger partial charge in [-0.05, 0) is 19.1 Å². The second kappa shape index (κ2) is 6.53. The van der Waals surface area contributed by atoms with Crippen LogP contribution in [0, 0.1) is 0 Å². The van der Waals surface area contributed by atoms with Crippen molar-refractivity contribution in [3.63, 3.8) is 0 Å². The third-order valence-corrected chi connectivity index (χ3v) is 4.88. The number of aromatic nitrogens is 5. The van der Waals surface area contributed by atoms with Gasteiger partial charge in [0.25, 0.3) is 5.92 Å². The van der Waals surface area contributed by atoms with E-state index in [2.05, 4.69) is 24.9 Å². The number of imidazole rings is 1. The topological polar surface area (TPSA) is 87.7 Å². The number of ketones is 1. The Labute approximate surface area is 166 Å². The van der Waals surface area contributed by atoms with Gasteiger partial charge in [0, 0.05) is 30.1 Å². The molecule has 1 aliphatic heterocycles. The quantitative estimate of drug-likeness (QED) is 0.674. The van der Waals surface area contributed by atoms with Gasteiger partial charge in [0.05, 0.1) is 6.54 Å². The minimum atomic E-state index is -2.76. The Hall–Kier alpha value is -2.97. The van der Waals surface area contributed by atoms with E-state index in [4.69, 9.17) is 0 Å². The molecule has 0 aromatic carbocycles. The molecule has 0 spiro atoms. The van der Waals surface area contributed by atoms with Crippen LogP contribution in [0.15, 0.2) is 18.3 Å². The van der Waals surface area contributed by atoms with E-state index < -0.39 is 12.5 Å². The van der Waals surface area contributed by atoms with Crippen molar-refractivity contribution < 1.29 is 13.6 Å². The van der Waals surface area contributed by atoms with Crippen LogP contribution in [0.1, 0.15) is 50.3 Å². The molecule has 1 saturated heterocycles. The molecule has 1 N–H and O–H groups in total. The fourth-order valence-electron chi connectivity index (χ4n) is 3.35. The van der Waals surface area contributed by atoms with E-state index >= 15 is 0 Å². The molecule has 9 heteroatoms. The third-order valence-electron chi connectivity index (χ3n) is 4.88. The molecule has 1 fully saturated rings. The van der Waals surface area contributed by atoms with Gasteiger partial charge in [-0.15, -0.1) is 0 Å². The predicted molar refractivity (Wildman–Crippen MR) is 105 cm³/mol. The Kier molecular flexibility index (Phi) is 4.36. The Balaban J connectivity index is 1.92. The number of nitrogens with one attached hydrogen (secondary N) is 1. The van der Waals surface area contributed by atoms with Crippen molar-refractivity contribution in [1.29, 1.82) is 0 Å². The number of hydrogen-bond donors (Lipinski definition) is 1. The second-order valence-corrected chi connectivity index (χ2v) is 8.39. The summed E-state index contributed by atoms with van der Waals surface area (Å²) in [5.74, 6) is -1.63. The minimum Gasteiger partial charge on any atom is -0.348 e. The fourth-order valence-corrected chi connectivity index (χ4v) is 3.35. The van der Waals surface area contributed by atoms with Crippen molar-refractivity contribution in [3.05, 3.63) is 29.7 Å². The summed E-state index contributed by atoms with van der Waals surface area (Å²) >= 11 is 0. The maximum atomic E-state index is 13.9. The maximum absolute atomic E-state index is 13.9. The summed E-state index contributed by atoms with van der Waals surface area (Å²) in [6.45, 7) is 7.11. The number of pyridine rings is 1. The molecule has 0 amide bonds. The first-order valence-electron chi connectivity index (χ1n) is 9.42. The molecule has 3 aromatic heterocycles. The predicted octanol–water partition coefficient (Wildman–Crippen LogP) is 3.76. The number of carbonyl (C=O) groups excluding carboxylic acids is 1. The molecule has 0 unspecified atom stereocenters. The SMILES string of the molecule is CC(=O)c1cccnc1-c1nc2nc(C(C)(C)C)nc(N3CCC(F)(F)C3)c2[nH]1. The van der Waals surface area contributed by atoms with E-state index in [0.717, 1.165) is 0 Å². The number of H-pyrrole nitrogens is 1. The van der Waals surface area contributed by atoms with Gasteiger partial charge < -0.3 is 9.88 Å². The average Bonchev–Trinajstić information content (AvgIpc) is 3.23. The van der Waals surface area contributed by atoms with Crippen molar-refractivity contribution in [1.82, 2.24) is 24.9 Å². The van der Waals surface area contributed by atoms with Crippen LogP contribution >= 0.6 is 0 Å². The molecule has 152 valence electrons. The first kappa shape index (κ1) is 19.4. The number of Topliss-reactive ketones (excluding diaryl/α,β-unsaturated/α-hetero) is 1. The van der Waals surface area contributed by atoms with Gasteiger partial charge in [-0.25, -0.2) is 23.7 Å². The van der Waals surface area contributed by atoms with Crippen LogP contribution in [0.2, 0.25) is 0 Å². The van der Waals surface area contributed by atoms with Crippen molar-refractivity contribution in [2.45, 2.75) is 45.5 Å². The molecular weight excluding hydrogens is 378 g/mol. The number of alkyl halides is 2. The largest absolute Gasteiger partial charge is 0.348 e. The average molecular weight is 400 g/mol. The second-order valence-electron chi connectivity index (χ2n) is 8.39. The molecule has 7 nitrogen and oxygen atoms in total. The molecule has 1 aliphatic rings. The number of carbonyl (C=O) groups is 1. The summed E-state index contributed by atoms with van der Waals surface area (Å²) in [6, 6.07) is 3.35.